The van der Waals surface area contributed by atoms with Crippen LogP contribution >= 0.6 is 0 Å². The largest absolute Gasteiger partial charge is 0.384 e. The van der Waals surface area contributed by atoms with Crippen LogP contribution in [0.4, 0.5) is 0 Å². The second kappa shape index (κ2) is 10.8. The van der Waals surface area contributed by atoms with E-state index in [-0.39, 0.29) is 0 Å². The first-order chi connectivity index (χ1) is 21.7. The van der Waals surface area contributed by atoms with E-state index < -0.39 is 41.1 Å². The average Bonchev–Trinajstić information content (AvgIpc) is 3.05. The number of rotatable bonds is 6. The monoisotopic (exact) mass is 591 g/mol. The summed E-state index contributed by atoms with van der Waals surface area (Å²) in [5.41, 5.74) is 1.46. The molecule has 1 heterocycles. The molecule has 222 valence electrons. The molecule has 0 spiro atoms. The number of imide groups is 1. The second-order valence-electron chi connectivity index (χ2n) is 12.9. The minimum absolute atomic E-state index is 0.374. The first-order valence-electron chi connectivity index (χ1n) is 15.2. The van der Waals surface area contributed by atoms with Gasteiger partial charge in [-0.05, 0) is 55.6 Å². The summed E-state index contributed by atoms with van der Waals surface area (Å²) in [6.45, 7) is 5.48. The van der Waals surface area contributed by atoms with Crippen molar-refractivity contribution < 1.29 is 19.5 Å². The SMILES string of the molecule is CC(C)(C)[C@@H](C(=O)C(O)C(c1cccc2ccccc12)c1cccc2ccccc12)N1C(=O)c2cccc3cccc(c23)C1=O. The van der Waals surface area contributed by atoms with Gasteiger partial charge in [-0.3, -0.25) is 19.3 Å². The maximum absolute atomic E-state index is 14.9. The summed E-state index contributed by atoms with van der Waals surface area (Å²) < 4.78 is 0. The standard InChI is InChI=1S/C40H33NO4/c1-40(2,3)37(41-38(44)31-22-10-16-26-17-11-23-32(33(26)31)39(41)45)36(43)35(42)34(29-20-8-14-24-12-4-6-18-27(24)29)30-21-9-15-25-13-5-7-19-28(25)30/h4-23,34-35,37,42H,1-3H3/t35?,37-/m1/s1. The quantitative estimate of drug-likeness (QED) is 0.200. The summed E-state index contributed by atoms with van der Waals surface area (Å²) in [5, 5.41) is 17.6. The van der Waals surface area contributed by atoms with Crippen molar-refractivity contribution in [2.24, 2.45) is 5.41 Å². The molecule has 0 aliphatic carbocycles. The van der Waals surface area contributed by atoms with E-state index in [1.807, 2.05) is 118 Å². The highest BCUT2D eigenvalue weighted by Gasteiger charge is 2.49. The van der Waals surface area contributed by atoms with Gasteiger partial charge in [0.25, 0.3) is 11.8 Å². The number of hydrogen-bond acceptors (Lipinski definition) is 4. The number of aliphatic hydroxyl groups excluding tert-OH is 1. The number of nitrogens with zero attached hydrogens (tertiary/aromatic N) is 1. The minimum Gasteiger partial charge on any atom is -0.384 e. The Balaban J connectivity index is 1.41. The maximum atomic E-state index is 14.9. The Labute approximate surface area is 261 Å². The number of amides is 2. The van der Waals surface area contributed by atoms with E-state index in [9.17, 15) is 19.5 Å². The number of fused-ring (bicyclic) bond motifs is 2. The molecule has 1 aliphatic heterocycles. The number of aliphatic hydroxyl groups is 1. The molecule has 2 atom stereocenters. The van der Waals surface area contributed by atoms with Crippen molar-refractivity contribution in [1.29, 1.82) is 0 Å². The topological polar surface area (TPSA) is 74.7 Å². The number of hydrogen-bond donors (Lipinski definition) is 1. The highest BCUT2D eigenvalue weighted by molar-refractivity contribution is 6.26. The van der Waals surface area contributed by atoms with Crippen LogP contribution in [0.25, 0.3) is 32.3 Å². The van der Waals surface area contributed by atoms with E-state index in [1.54, 1.807) is 24.3 Å². The van der Waals surface area contributed by atoms with Crippen molar-refractivity contribution in [1.82, 2.24) is 4.90 Å². The van der Waals surface area contributed by atoms with Crippen LogP contribution in [0.1, 0.15) is 58.5 Å². The third kappa shape index (κ3) is 4.63. The molecule has 0 bridgehead atoms. The predicted molar refractivity (Wildman–Crippen MR) is 178 cm³/mol. The molecule has 5 heteroatoms. The van der Waals surface area contributed by atoms with Crippen LogP contribution in [0.5, 0.6) is 0 Å². The summed E-state index contributed by atoms with van der Waals surface area (Å²) in [6.07, 6.45) is -1.57. The minimum atomic E-state index is -1.57. The van der Waals surface area contributed by atoms with E-state index in [1.165, 1.54) is 0 Å². The number of benzene rings is 6. The molecule has 7 rings (SSSR count). The van der Waals surface area contributed by atoms with Gasteiger partial charge in [0, 0.05) is 22.4 Å². The van der Waals surface area contributed by atoms with Crippen LogP contribution < -0.4 is 0 Å². The Morgan fingerprint density at radius 3 is 1.51 bits per heavy atom. The molecule has 0 saturated carbocycles. The van der Waals surface area contributed by atoms with Crippen molar-refractivity contribution >= 4 is 49.9 Å². The molecule has 0 saturated heterocycles. The highest BCUT2D eigenvalue weighted by Crippen LogP contribution is 2.41. The summed E-state index contributed by atoms with van der Waals surface area (Å²) in [4.78, 5) is 44.3. The van der Waals surface area contributed by atoms with E-state index >= 15 is 0 Å². The number of carbonyl (C=O) groups is 3. The van der Waals surface area contributed by atoms with Crippen LogP contribution in [-0.2, 0) is 4.79 Å². The van der Waals surface area contributed by atoms with Crippen molar-refractivity contribution in [3.05, 3.63) is 144 Å². The molecule has 6 aromatic rings. The molecule has 1 unspecified atom stereocenters. The lowest BCUT2D eigenvalue weighted by Gasteiger charge is -2.41. The summed E-state index contributed by atoms with van der Waals surface area (Å²) >= 11 is 0. The predicted octanol–water partition coefficient (Wildman–Crippen LogP) is 7.92. The molecule has 0 aromatic heterocycles. The van der Waals surface area contributed by atoms with E-state index in [4.69, 9.17) is 0 Å². The van der Waals surface area contributed by atoms with E-state index in [2.05, 4.69) is 0 Å². The van der Waals surface area contributed by atoms with Gasteiger partial charge in [-0.2, -0.15) is 0 Å². The number of ketones is 1. The third-order valence-corrected chi connectivity index (χ3v) is 9.08. The van der Waals surface area contributed by atoms with Gasteiger partial charge in [0.2, 0.25) is 0 Å². The highest BCUT2D eigenvalue weighted by atomic mass is 16.3. The zero-order valence-corrected chi connectivity index (χ0v) is 25.4. The zero-order chi connectivity index (χ0) is 31.5. The van der Waals surface area contributed by atoms with Crippen molar-refractivity contribution in [2.45, 2.75) is 38.8 Å². The fraction of sp³-hybridized carbons (Fsp3) is 0.175. The van der Waals surface area contributed by atoms with Gasteiger partial charge < -0.3 is 5.11 Å². The van der Waals surface area contributed by atoms with Crippen LogP contribution in [0.3, 0.4) is 0 Å². The molecule has 0 radical (unpaired) electrons. The molecular formula is C40H33NO4. The van der Waals surface area contributed by atoms with Gasteiger partial charge in [-0.25, -0.2) is 0 Å². The zero-order valence-electron chi connectivity index (χ0n) is 25.4. The lowest BCUT2D eigenvalue weighted by atomic mass is 9.74. The lowest BCUT2D eigenvalue weighted by molar-refractivity contribution is -0.135. The Kier molecular flexibility index (Phi) is 6.87. The normalized spacial score (nSPS) is 14.8. The second-order valence-corrected chi connectivity index (χ2v) is 12.9. The van der Waals surface area contributed by atoms with Crippen molar-refractivity contribution in [2.75, 3.05) is 0 Å². The van der Waals surface area contributed by atoms with Crippen molar-refractivity contribution in [3.63, 3.8) is 0 Å². The molecule has 45 heavy (non-hydrogen) atoms. The first kappa shape index (κ1) is 28.6. The van der Waals surface area contributed by atoms with E-state index in [0.29, 0.717) is 16.5 Å². The van der Waals surface area contributed by atoms with Gasteiger partial charge in [0.1, 0.15) is 12.1 Å². The summed E-state index contributed by atoms with van der Waals surface area (Å²) in [5.74, 6) is -2.42. The van der Waals surface area contributed by atoms with Crippen LogP contribution in [-0.4, -0.2) is 39.7 Å². The summed E-state index contributed by atoms with van der Waals surface area (Å²) in [6, 6.07) is 37.1. The van der Waals surface area contributed by atoms with Crippen LogP contribution in [0, 0.1) is 5.41 Å². The van der Waals surface area contributed by atoms with Gasteiger partial charge in [-0.15, -0.1) is 0 Å². The Bertz CT molecular complexity index is 2020. The molecule has 5 nitrogen and oxygen atoms in total. The lowest BCUT2D eigenvalue weighted by Crippen LogP contribution is -2.58. The number of carbonyl (C=O) groups excluding carboxylic acids is 3. The van der Waals surface area contributed by atoms with Gasteiger partial charge in [-0.1, -0.05) is 130 Å². The van der Waals surface area contributed by atoms with Gasteiger partial charge >= 0.3 is 0 Å². The smallest absolute Gasteiger partial charge is 0.262 e. The third-order valence-electron chi connectivity index (χ3n) is 9.08. The van der Waals surface area contributed by atoms with Crippen LogP contribution in [0.2, 0.25) is 0 Å². The molecule has 1 N–H and O–H groups in total. The maximum Gasteiger partial charge on any atom is 0.262 e. The Hall–Kier alpha value is -5.13. The van der Waals surface area contributed by atoms with Crippen LogP contribution in [0.15, 0.2) is 121 Å². The van der Waals surface area contributed by atoms with Gasteiger partial charge in [0.05, 0.1) is 0 Å². The molecule has 2 amide bonds. The molecule has 1 aliphatic rings. The van der Waals surface area contributed by atoms with E-state index in [0.717, 1.165) is 43.0 Å². The fourth-order valence-electron chi connectivity index (χ4n) is 7.10. The van der Waals surface area contributed by atoms with Crippen molar-refractivity contribution in [3.8, 4) is 0 Å². The summed E-state index contributed by atoms with van der Waals surface area (Å²) in [7, 11) is 0. The molecular weight excluding hydrogens is 558 g/mol. The Morgan fingerprint density at radius 2 is 1.02 bits per heavy atom. The first-order valence-corrected chi connectivity index (χ1v) is 15.2. The molecule has 0 fully saturated rings. The van der Waals surface area contributed by atoms with Gasteiger partial charge in [0.15, 0.2) is 5.78 Å². The fourth-order valence-corrected chi connectivity index (χ4v) is 7.10. The Morgan fingerprint density at radius 1 is 0.600 bits per heavy atom. The molecule has 6 aromatic carbocycles. The number of Topliss-reactive ketones (excluding diaryl/α,β-unsaturated/α-hetero) is 1. The average molecular weight is 592 g/mol.